The van der Waals surface area contributed by atoms with Crippen LogP contribution >= 0.6 is 0 Å². The molecule has 0 radical (unpaired) electrons. The molecule has 2 amide bonds. The first-order chi connectivity index (χ1) is 13.5. The van der Waals surface area contributed by atoms with Gasteiger partial charge in [-0.2, -0.15) is 0 Å². The number of nitrogens with zero attached hydrogens (tertiary/aromatic N) is 3. The van der Waals surface area contributed by atoms with E-state index in [0.717, 1.165) is 48.7 Å². The predicted molar refractivity (Wildman–Crippen MR) is 109 cm³/mol. The Morgan fingerprint density at radius 2 is 1.50 bits per heavy atom. The van der Waals surface area contributed by atoms with Crippen LogP contribution in [0.15, 0.2) is 42.5 Å². The van der Waals surface area contributed by atoms with Crippen molar-refractivity contribution in [1.29, 1.82) is 0 Å². The Bertz CT molecular complexity index is 881. The second kappa shape index (κ2) is 7.28. The number of rotatable bonds is 3. The molecule has 0 saturated carbocycles. The van der Waals surface area contributed by atoms with Crippen LogP contribution in [0.25, 0.3) is 0 Å². The van der Waals surface area contributed by atoms with Gasteiger partial charge in [0.2, 0.25) is 5.91 Å². The van der Waals surface area contributed by atoms with Gasteiger partial charge in [0.25, 0.3) is 5.91 Å². The zero-order valence-electron chi connectivity index (χ0n) is 16.3. The molecule has 2 aromatic rings. The Labute approximate surface area is 165 Å². The molecular formula is C22H25N3O3. The quantitative estimate of drug-likeness (QED) is 0.830. The number of aromatic hydroxyl groups is 1. The number of aryl methyl sites for hydroxylation is 2. The maximum atomic E-state index is 13.1. The molecule has 6 nitrogen and oxygen atoms in total. The molecule has 4 rings (SSSR count). The Hall–Kier alpha value is -2.86. The van der Waals surface area contributed by atoms with Gasteiger partial charge in [-0.15, -0.1) is 0 Å². The standard InChI is InChI=1S/C22H25N3O3/c1-15-4-3-5-16(2)21(15)25-20(27)14-19(22(25)28)24-12-10-23(11-13-24)17-6-8-18(26)9-7-17/h3-9,19,26H,10-14H2,1-2H3/t19-/m0/s1. The van der Waals surface area contributed by atoms with Crippen molar-refractivity contribution in [3.05, 3.63) is 53.6 Å². The molecule has 2 saturated heterocycles. The summed E-state index contributed by atoms with van der Waals surface area (Å²) in [5, 5.41) is 9.45. The SMILES string of the molecule is Cc1cccc(C)c1N1C(=O)C[C@H](N2CCN(c3ccc(O)cc3)CC2)C1=O. The summed E-state index contributed by atoms with van der Waals surface area (Å²) >= 11 is 0. The number of benzene rings is 2. The Morgan fingerprint density at radius 3 is 2.11 bits per heavy atom. The summed E-state index contributed by atoms with van der Waals surface area (Å²) in [6.45, 7) is 6.90. The van der Waals surface area contributed by atoms with Crippen LogP contribution in [0.5, 0.6) is 5.75 Å². The van der Waals surface area contributed by atoms with Gasteiger partial charge in [-0.3, -0.25) is 14.5 Å². The van der Waals surface area contributed by atoms with Gasteiger partial charge in [0, 0.05) is 31.9 Å². The van der Waals surface area contributed by atoms with Crippen molar-refractivity contribution in [3.63, 3.8) is 0 Å². The van der Waals surface area contributed by atoms with Crippen LogP contribution < -0.4 is 9.80 Å². The van der Waals surface area contributed by atoms with Gasteiger partial charge >= 0.3 is 0 Å². The van der Waals surface area contributed by atoms with Crippen molar-refractivity contribution in [2.75, 3.05) is 36.0 Å². The fourth-order valence-electron chi connectivity index (χ4n) is 4.25. The van der Waals surface area contributed by atoms with Crippen molar-refractivity contribution in [1.82, 2.24) is 4.90 Å². The Kier molecular flexibility index (Phi) is 4.81. The van der Waals surface area contributed by atoms with E-state index in [2.05, 4.69) is 9.80 Å². The highest BCUT2D eigenvalue weighted by atomic mass is 16.3. The van der Waals surface area contributed by atoms with Crippen molar-refractivity contribution in [2.45, 2.75) is 26.3 Å². The number of para-hydroxylation sites is 1. The number of carbonyl (C=O) groups is 2. The highest BCUT2D eigenvalue weighted by Gasteiger charge is 2.44. The van der Waals surface area contributed by atoms with Gasteiger partial charge in [0.05, 0.1) is 18.2 Å². The molecule has 0 bridgehead atoms. The van der Waals surface area contributed by atoms with Crippen LogP contribution in [0.2, 0.25) is 0 Å². The third-order valence-electron chi connectivity index (χ3n) is 5.76. The minimum absolute atomic E-state index is 0.111. The molecule has 28 heavy (non-hydrogen) atoms. The average Bonchev–Trinajstić information content (AvgIpc) is 2.97. The van der Waals surface area contributed by atoms with Gasteiger partial charge in [0.1, 0.15) is 5.75 Å². The number of phenolic OH excluding ortho intramolecular Hbond substituents is 1. The summed E-state index contributed by atoms with van der Waals surface area (Å²) < 4.78 is 0. The van der Waals surface area contributed by atoms with Crippen molar-refractivity contribution in [3.8, 4) is 5.75 Å². The molecule has 2 aliphatic heterocycles. The molecule has 2 fully saturated rings. The number of amides is 2. The molecule has 0 unspecified atom stereocenters. The van der Waals surface area contributed by atoms with Crippen LogP contribution in [-0.2, 0) is 9.59 Å². The normalized spacial score (nSPS) is 20.9. The van der Waals surface area contributed by atoms with E-state index in [1.807, 2.05) is 44.2 Å². The summed E-state index contributed by atoms with van der Waals surface area (Å²) in [6.07, 6.45) is 0.242. The number of imide groups is 1. The Morgan fingerprint density at radius 1 is 0.893 bits per heavy atom. The lowest BCUT2D eigenvalue weighted by Gasteiger charge is -2.38. The molecule has 0 aromatic heterocycles. The fourth-order valence-corrected chi connectivity index (χ4v) is 4.25. The molecule has 1 N–H and O–H groups in total. The first kappa shape index (κ1) is 18.5. The van der Waals surface area contributed by atoms with Crippen molar-refractivity contribution >= 4 is 23.2 Å². The molecule has 2 heterocycles. The summed E-state index contributed by atoms with van der Waals surface area (Å²) in [4.78, 5) is 31.6. The predicted octanol–water partition coefficient (Wildman–Crippen LogP) is 2.46. The third-order valence-corrected chi connectivity index (χ3v) is 5.76. The highest BCUT2D eigenvalue weighted by Crippen LogP contribution is 2.31. The fraction of sp³-hybridized carbons (Fsp3) is 0.364. The summed E-state index contributed by atoms with van der Waals surface area (Å²) in [6, 6.07) is 12.6. The highest BCUT2D eigenvalue weighted by molar-refractivity contribution is 6.23. The second-order valence-corrected chi connectivity index (χ2v) is 7.57. The number of phenols is 1. The summed E-state index contributed by atoms with van der Waals surface area (Å²) in [5.74, 6) is 0.0258. The lowest BCUT2D eigenvalue weighted by molar-refractivity contribution is -0.123. The molecule has 0 aliphatic carbocycles. The van der Waals surface area contributed by atoms with E-state index in [1.165, 1.54) is 4.90 Å². The van der Waals surface area contributed by atoms with E-state index in [1.54, 1.807) is 12.1 Å². The van der Waals surface area contributed by atoms with Crippen LogP contribution in [0, 0.1) is 13.8 Å². The van der Waals surface area contributed by atoms with Gasteiger partial charge in [-0.25, -0.2) is 4.90 Å². The van der Waals surface area contributed by atoms with E-state index in [0.29, 0.717) is 0 Å². The lowest BCUT2D eigenvalue weighted by Crippen LogP contribution is -2.52. The topological polar surface area (TPSA) is 64.1 Å². The number of piperazine rings is 1. The van der Waals surface area contributed by atoms with Gasteiger partial charge in [-0.1, -0.05) is 18.2 Å². The molecule has 146 valence electrons. The summed E-state index contributed by atoms with van der Waals surface area (Å²) in [5.41, 5.74) is 3.69. The van der Waals surface area contributed by atoms with Crippen LogP contribution in [0.3, 0.4) is 0 Å². The first-order valence-corrected chi connectivity index (χ1v) is 9.67. The van der Waals surface area contributed by atoms with E-state index >= 15 is 0 Å². The van der Waals surface area contributed by atoms with Gasteiger partial charge < -0.3 is 10.0 Å². The van der Waals surface area contributed by atoms with Crippen molar-refractivity contribution in [2.24, 2.45) is 0 Å². The van der Waals surface area contributed by atoms with Gasteiger partial charge in [-0.05, 0) is 49.2 Å². The molecule has 0 spiro atoms. The number of hydrogen-bond donors (Lipinski definition) is 1. The van der Waals surface area contributed by atoms with Gasteiger partial charge in [0.15, 0.2) is 0 Å². The minimum Gasteiger partial charge on any atom is -0.508 e. The molecule has 1 atom stereocenters. The first-order valence-electron chi connectivity index (χ1n) is 9.67. The maximum absolute atomic E-state index is 13.1. The van der Waals surface area contributed by atoms with Crippen LogP contribution in [0.1, 0.15) is 17.5 Å². The van der Waals surface area contributed by atoms with E-state index in [9.17, 15) is 14.7 Å². The van der Waals surface area contributed by atoms with E-state index in [4.69, 9.17) is 0 Å². The number of carbonyl (C=O) groups excluding carboxylic acids is 2. The molecule has 2 aromatic carbocycles. The zero-order chi connectivity index (χ0) is 19.8. The number of anilines is 2. The third kappa shape index (κ3) is 3.24. The Balaban J connectivity index is 1.47. The lowest BCUT2D eigenvalue weighted by atomic mass is 10.1. The van der Waals surface area contributed by atoms with Crippen molar-refractivity contribution < 1.29 is 14.7 Å². The largest absolute Gasteiger partial charge is 0.508 e. The summed E-state index contributed by atoms with van der Waals surface area (Å²) in [7, 11) is 0. The molecular weight excluding hydrogens is 354 g/mol. The van der Waals surface area contributed by atoms with Crippen LogP contribution in [-0.4, -0.2) is 54.0 Å². The molecule has 2 aliphatic rings. The average molecular weight is 379 g/mol. The smallest absolute Gasteiger partial charge is 0.251 e. The zero-order valence-corrected chi connectivity index (χ0v) is 16.3. The number of hydrogen-bond acceptors (Lipinski definition) is 5. The maximum Gasteiger partial charge on any atom is 0.251 e. The van der Waals surface area contributed by atoms with E-state index in [-0.39, 0.29) is 30.0 Å². The van der Waals surface area contributed by atoms with Crippen LogP contribution in [0.4, 0.5) is 11.4 Å². The molecule has 6 heteroatoms. The second-order valence-electron chi connectivity index (χ2n) is 7.57. The van der Waals surface area contributed by atoms with E-state index < -0.39 is 0 Å². The monoisotopic (exact) mass is 379 g/mol. The minimum atomic E-state index is -0.381.